The van der Waals surface area contributed by atoms with E-state index in [4.69, 9.17) is 21.1 Å². The van der Waals surface area contributed by atoms with E-state index in [0.29, 0.717) is 16.3 Å². The fraction of sp³-hybridized carbons (Fsp3) is 0.238. The molecule has 0 atom stereocenters. The number of ether oxygens (including phenoxy) is 3. The van der Waals surface area contributed by atoms with Crippen LogP contribution in [0.15, 0.2) is 47.4 Å². The van der Waals surface area contributed by atoms with E-state index in [0.717, 1.165) is 16.7 Å². The van der Waals surface area contributed by atoms with Crippen molar-refractivity contribution in [1.82, 2.24) is 4.90 Å². The van der Waals surface area contributed by atoms with Crippen LogP contribution < -0.4 is 14.2 Å². The van der Waals surface area contributed by atoms with Crippen LogP contribution in [0.2, 0.25) is 5.02 Å². The molecule has 2 aromatic rings. The Kier molecular flexibility index (Phi) is 7.75. The second-order valence-electron chi connectivity index (χ2n) is 6.13. The van der Waals surface area contributed by atoms with E-state index in [1.807, 2.05) is 0 Å². The minimum Gasteiger partial charge on any atom is -0.490 e. The minimum absolute atomic E-state index is 0.0542. The minimum atomic E-state index is -2.99. The Labute approximate surface area is 186 Å². The van der Waals surface area contributed by atoms with E-state index in [9.17, 15) is 18.4 Å². The van der Waals surface area contributed by atoms with Gasteiger partial charge in [0.2, 0.25) is 0 Å². The summed E-state index contributed by atoms with van der Waals surface area (Å²) in [7, 11) is 0. The molecule has 1 heterocycles. The third kappa shape index (κ3) is 5.89. The number of benzene rings is 2. The number of para-hydroxylation sites is 1. The van der Waals surface area contributed by atoms with Gasteiger partial charge in [0.05, 0.1) is 23.1 Å². The highest BCUT2D eigenvalue weighted by Gasteiger charge is 2.34. The van der Waals surface area contributed by atoms with E-state index in [-0.39, 0.29) is 36.2 Å². The lowest BCUT2D eigenvalue weighted by molar-refractivity contribution is -0.123. The average Bonchev–Trinajstić information content (AvgIpc) is 2.98. The van der Waals surface area contributed by atoms with Gasteiger partial charge in [0.1, 0.15) is 12.4 Å². The van der Waals surface area contributed by atoms with Gasteiger partial charge >= 0.3 is 6.61 Å². The van der Waals surface area contributed by atoms with Crippen molar-refractivity contribution in [2.24, 2.45) is 0 Å². The van der Waals surface area contributed by atoms with Crippen molar-refractivity contribution in [3.63, 3.8) is 0 Å². The summed E-state index contributed by atoms with van der Waals surface area (Å²) in [5, 5.41) is 0.00241. The van der Waals surface area contributed by atoms with E-state index < -0.39 is 17.8 Å². The van der Waals surface area contributed by atoms with Crippen LogP contribution in [0, 0.1) is 0 Å². The van der Waals surface area contributed by atoms with Gasteiger partial charge in [-0.25, -0.2) is 0 Å². The number of hydrogen-bond acceptors (Lipinski definition) is 6. The Bertz CT molecular complexity index is 1000. The molecule has 31 heavy (non-hydrogen) atoms. The first-order valence-electron chi connectivity index (χ1n) is 9.23. The molecule has 0 bridgehead atoms. The molecule has 2 aromatic carbocycles. The molecule has 0 unspecified atom stereocenters. The maximum Gasteiger partial charge on any atom is 0.387 e. The van der Waals surface area contributed by atoms with E-state index >= 15 is 0 Å². The predicted octanol–water partition coefficient (Wildman–Crippen LogP) is 5.46. The Morgan fingerprint density at radius 3 is 2.58 bits per heavy atom. The third-order valence-corrected chi connectivity index (χ3v) is 5.28. The summed E-state index contributed by atoms with van der Waals surface area (Å²) in [5.74, 6) is -0.00684. The van der Waals surface area contributed by atoms with Crippen LogP contribution in [0.1, 0.15) is 12.5 Å². The number of carbonyl (C=O) groups is 2. The van der Waals surface area contributed by atoms with Crippen molar-refractivity contribution in [1.29, 1.82) is 0 Å². The van der Waals surface area contributed by atoms with Crippen LogP contribution in [0.5, 0.6) is 17.2 Å². The molecule has 1 saturated heterocycles. The van der Waals surface area contributed by atoms with Crippen molar-refractivity contribution >= 4 is 40.6 Å². The molecule has 0 radical (unpaired) electrons. The number of rotatable bonds is 9. The third-order valence-electron chi connectivity index (χ3n) is 4.06. The molecule has 0 aliphatic carbocycles. The molecule has 1 aliphatic heterocycles. The fourth-order valence-corrected chi connectivity index (χ4v) is 3.78. The fourth-order valence-electron chi connectivity index (χ4n) is 2.73. The molecule has 0 aromatic heterocycles. The van der Waals surface area contributed by atoms with Gasteiger partial charge in [-0.1, -0.05) is 29.8 Å². The quantitative estimate of drug-likeness (QED) is 0.455. The van der Waals surface area contributed by atoms with Gasteiger partial charge in [-0.15, -0.1) is 0 Å². The highest BCUT2D eigenvalue weighted by atomic mass is 35.5. The highest BCUT2D eigenvalue weighted by Crippen LogP contribution is 2.35. The average molecular weight is 470 g/mol. The number of imide groups is 1. The SMILES string of the molecule is CCOc1cc(/C=C2\SC(=O)N(CCOc3ccccc3Cl)C2=O)ccc1OC(F)F. The number of hydrogen-bond donors (Lipinski definition) is 0. The molecular formula is C21H18ClF2NO5S. The molecule has 2 amide bonds. The molecule has 0 saturated carbocycles. The van der Waals surface area contributed by atoms with Gasteiger partial charge in [-0.2, -0.15) is 8.78 Å². The van der Waals surface area contributed by atoms with Crippen LogP contribution in [0.3, 0.4) is 0 Å². The maximum absolute atomic E-state index is 12.6. The molecule has 0 spiro atoms. The lowest BCUT2D eigenvalue weighted by atomic mass is 10.2. The van der Waals surface area contributed by atoms with E-state index in [1.165, 1.54) is 24.3 Å². The number of halogens is 3. The first kappa shape index (κ1) is 22.9. The zero-order valence-electron chi connectivity index (χ0n) is 16.3. The molecule has 6 nitrogen and oxygen atoms in total. The van der Waals surface area contributed by atoms with Crippen molar-refractivity contribution in [2.45, 2.75) is 13.5 Å². The molecule has 164 valence electrons. The standard InChI is InChI=1S/C21H18ClF2NO5S/c1-2-28-17-11-13(7-8-16(17)30-20(23)24)12-18-19(26)25(21(27)31-18)9-10-29-15-6-4-3-5-14(15)22/h3-8,11-12,20H,2,9-10H2,1H3/b18-12-. The summed E-state index contributed by atoms with van der Waals surface area (Å²) in [6.07, 6.45) is 1.49. The molecule has 1 fully saturated rings. The van der Waals surface area contributed by atoms with Crippen LogP contribution >= 0.6 is 23.4 Å². The van der Waals surface area contributed by atoms with Crippen molar-refractivity contribution in [2.75, 3.05) is 19.8 Å². The zero-order valence-corrected chi connectivity index (χ0v) is 17.9. The highest BCUT2D eigenvalue weighted by molar-refractivity contribution is 8.18. The summed E-state index contributed by atoms with van der Waals surface area (Å²) < 4.78 is 40.4. The second kappa shape index (κ2) is 10.5. The summed E-state index contributed by atoms with van der Waals surface area (Å²) in [6, 6.07) is 11.2. The monoisotopic (exact) mass is 469 g/mol. The van der Waals surface area contributed by atoms with Gasteiger partial charge in [0.25, 0.3) is 11.1 Å². The lowest BCUT2D eigenvalue weighted by Gasteiger charge is -2.14. The number of amides is 2. The van der Waals surface area contributed by atoms with Crippen LogP contribution in [0.4, 0.5) is 13.6 Å². The number of carbonyl (C=O) groups excluding carboxylic acids is 2. The number of nitrogens with zero attached hydrogens (tertiary/aromatic N) is 1. The Morgan fingerprint density at radius 2 is 1.87 bits per heavy atom. The van der Waals surface area contributed by atoms with Gasteiger partial charge < -0.3 is 14.2 Å². The largest absolute Gasteiger partial charge is 0.490 e. The Hall–Kier alpha value is -2.78. The van der Waals surface area contributed by atoms with Gasteiger partial charge in [0.15, 0.2) is 11.5 Å². The zero-order chi connectivity index (χ0) is 22.4. The van der Waals surface area contributed by atoms with E-state index in [2.05, 4.69) is 4.74 Å². The molecule has 10 heteroatoms. The van der Waals surface area contributed by atoms with Crippen molar-refractivity contribution in [3.05, 3.63) is 58.0 Å². The molecular weight excluding hydrogens is 452 g/mol. The van der Waals surface area contributed by atoms with Crippen LogP contribution in [-0.2, 0) is 4.79 Å². The van der Waals surface area contributed by atoms with Crippen molar-refractivity contribution in [3.8, 4) is 17.2 Å². The van der Waals surface area contributed by atoms with Gasteiger partial charge in [-0.05, 0) is 54.6 Å². The first-order chi connectivity index (χ1) is 14.9. The summed E-state index contributed by atoms with van der Waals surface area (Å²) in [6.45, 7) is -0.906. The lowest BCUT2D eigenvalue weighted by Crippen LogP contribution is -2.32. The molecule has 0 N–H and O–H groups in total. The summed E-state index contributed by atoms with van der Waals surface area (Å²) >= 11 is 6.80. The van der Waals surface area contributed by atoms with E-state index in [1.54, 1.807) is 31.2 Å². The van der Waals surface area contributed by atoms with Gasteiger partial charge in [0, 0.05) is 0 Å². The second-order valence-corrected chi connectivity index (χ2v) is 7.53. The molecule has 1 aliphatic rings. The van der Waals surface area contributed by atoms with Crippen molar-refractivity contribution < 1.29 is 32.6 Å². The van der Waals surface area contributed by atoms with Gasteiger partial charge in [-0.3, -0.25) is 14.5 Å². The summed E-state index contributed by atoms with van der Waals surface area (Å²) in [5.41, 5.74) is 0.503. The Morgan fingerprint density at radius 1 is 1.10 bits per heavy atom. The number of alkyl halides is 2. The van der Waals surface area contributed by atoms with Crippen LogP contribution in [0.25, 0.3) is 6.08 Å². The topological polar surface area (TPSA) is 65.1 Å². The normalized spacial score (nSPS) is 15.1. The summed E-state index contributed by atoms with van der Waals surface area (Å²) in [4.78, 5) is 26.2. The Balaban J connectivity index is 1.69. The number of thioether (sulfide) groups is 1. The smallest absolute Gasteiger partial charge is 0.387 e. The maximum atomic E-state index is 12.6. The van der Waals surface area contributed by atoms with Crippen LogP contribution in [-0.4, -0.2) is 42.4 Å². The first-order valence-corrected chi connectivity index (χ1v) is 10.4. The predicted molar refractivity (Wildman–Crippen MR) is 114 cm³/mol. The molecule has 3 rings (SSSR count).